The van der Waals surface area contributed by atoms with Gasteiger partial charge in [0.1, 0.15) is 6.04 Å². The Hall–Kier alpha value is -1.30. The Bertz CT molecular complexity index is 317. The summed E-state index contributed by atoms with van der Waals surface area (Å²) in [6, 6.07) is -1.26. The van der Waals surface area contributed by atoms with Crippen LogP contribution < -0.4 is 5.32 Å². The van der Waals surface area contributed by atoms with Gasteiger partial charge in [0.05, 0.1) is 12.1 Å². The number of hydrogen-bond donors (Lipinski definition) is 3. The number of nitrogens with one attached hydrogen (secondary N) is 1. The molecule has 1 saturated heterocycles. The summed E-state index contributed by atoms with van der Waals surface area (Å²) < 4.78 is 0. The maximum absolute atomic E-state index is 11.9. The lowest BCUT2D eigenvalue weighted by atomic mass is 9.95. The molecule has 2 atom stereocenters. The van der Waals surface area contributed by atoms with Crippen LogP contribution in [-0.4, -0.2) is 51.8 Å². The number of hydrogen-bond acceptors (Lipinski definition) is 3. The quantitative estimate of drug-likeness (QED) is 0.695. The van der Waals surface area contributed by atoms with Crippen LogP contribution in [0.2, 0.25) is 0 Å². The second kappa shape index (κ2) is 6.04. The van der Waals surface area contributed by atoms with E-state index in [0.29, 0.717) is 25.8 Å². The zero-order valence-corrected chi connectivity index (χ0v) is 11.0. The van der Waals surface area contributed by atoms with E-state index < -0.39 is 23.6 Å². The van der Waals surface area contributed by atoms with Crippen molar-refractivity contribution < 1.29 is 19.8 Å². The van der Waals surface area contributed by atoms with Gasteiger partial charge in [0.15, 0.2) is 0 Å². The highest BCUT2D eigenvalue weighted by atomic mass is 16.4. The summed E-state index contributed by atoms with van der Waals surface area (Å²) >= 11 is 0. The van der Waals surface area contributed by atoms with Gasteiger partial charge in [0.2, 0.25) is 0 Å². The van der Waals surface area contributed by atoms with E-state index >= 15 is 0 Å². The number of amides is 2. The van der Waals surface area contributed by atoms with Crippen molar-refractivity contribution in [1.82, 2.24) is 10.2 Å². The molecule has 1 aliphatic heterocycles. The normalized spacial score (nSPS) is 25.6. The summed E-state index contributed by atoms with van der Waals surface area (Å²) in [6.45, 7) is 4.36. The lowest BCUT2D eigenvalue weighted by molar-refractivity contribution is -0.139. The first-order valence-corrected chi connectivity index (χ1v) is 6.36. The lowest BCUT2D eigenvalue weighted by Crippen LogP contribution is -2.54. The molecule has 1 fully saturated rings. The van der Waals surface area contributed by atoms with Crippen molar-refractivity contribution in [2.24, 2.45) is 0 Å². The van der Waals surface area contributed by atoms with Gasteiger partial charge in [-0.25, -0.2) is 9.59 Å². The minimum atomic E-state index is -1.02. The van der Waals surface area contributed by atoms with Gasteiger partial charge >= 0.3 is 12.0 Å². The van der Waals surface area contributed by atoms with Crippen molar-refractivity contribution in [3.05, 3.63) is 0 Å². The largest absolute Gasteiger partial charge is 0.480 e. The molecular formula is C12H22N2O4. The molecule has 0 aromatic heterocycles. The fraction of sp³-hybridized carbons (Fsp3) is 0.833. The maximum Gasteiger partial charge on any atom is 0.326 e. The van der Waals surface area contributed by atoms with Crippen LogP contribution in [0.15, 0.2) is 0 Å². The minimum absolute atomic E-state index is 0.247. The molecular weight excluding hydrogens is 236 g/mol. The zero-order valence-electron chi connectivity index (χ0n) is 11.0. The molecule has 1 rings (SSSR count). The molecule has 6 heteroatoms. The van der Waals surface area contributed by atoms with Crippen molar-refractivity contribution in [2.45, 2.75) is 51.2 Å². The fourth-order valence-corrected chi connectivity index (χ4v) is 2.18. The number of nitrogens with zero attached hydrogens (tertiary/aromatic N) is 1. The number of carboxylic acids is 1. The SMILES string of the molecule is CCCC(NC(=O)N1CCCC(C)(O)C1)C(=O)O. The monoisotopic (exact) mass is 258 g/mol. The summed E-state index contributed by atoms with van der Waals surface area (Å²) in [5.74, 6) is -1.02. The van der Waals surface area contributed by atoms with E-state index in [1.165, 1.54) is 4.90 Å². The van der Waals surface area contributed by atoms with Gasteiger partial charge in [-0.1, -0.05) is 13.3 Å². The van der Waals surface area contributed by atoms with Gasteiger partial charge in [0.25, 0.3) is 0 Å². The standard InChI is InChI=1S/C12H22N2O4/c1-3-5-9(10(15)16)13-11(17)14-7-4-6-12(2,18)8-14/h9,18H,3-8H2,1-2H3,(H,13,17)(H,15,16). The molecule has 2 unspecified atom stereocenters. The van der Waals surface area contributed by atoms with Crippen molar-refractivity contribution >= 4 is 12.0 Å². The summed E-state index contributed by atoms with van der Waals surface area (Å²) in [5.41, 5.74) is -0.876. The molecule has 1 aliphatic rings. The third-order valence-electron chi connectivity index (χ3n) is 3.14. The van der Waals surface area contributed by atoms with E-state index in [0.717, 1.165) is 6.42 Å². The molecule has 0 radical (unpaired) electrons. The Morgan fingerprint density at radius 3 is 2.67 bits per heavy atom. The van der Waals surface area contributed by atoms with Crippen molar-refractivity contribution in [1.29, 1.82) is 0 Å². The number of aliphatic carboxylic acids is 1. The lowest BCUT2D eigenvalue weighted by Gasteiger charge is -2.37. The Balaban J connectivity index is 2.55. The molecule has 3 N–H and O–H groups in total. The highest BCUT2D eigenvalue weighted by molar-refractivity contribution is 5.82. The van der Waals surface area contributed by atoms with E-state index in [9.17, 15) is 14.7 Å². The van der Waals surface area contributed by atoms with E-state index in [4.69, 9.17) is 5.11 Å². The number of carbonyl (C=O) groups excluding carboxylic acids is 1. The topological polar surface area (TPSA) is 89.9 Å². The number of likely N-dealkylation sites (tertiary alicyclic amines) is 1. The molecule has 0 aromatic rings. The molecule has 0 bridgehead atoms. The van der Waals surface area contributed by atoms with E-state index in [1.54, 1.807) is 6.92 Å². The predicted octanol–water partition coefficient (Wildman–Crippen LogP) is 0.796. The Kier molecular flexibility index (Phi) is 4.95. The zero-order chi connectivity index (χ0) is 13.8. The number of urea groups is 1. The third kappa shape index (κ3) is 4.18. The molecule has 0 spiro atoms. The Morgan fingerprint density at radius 1 is 1.50 bits per heavy atom. The summed E-state index contributed by atoms with van der Waals surface area (Å²) in [5, 5.41) is 21.4. The second-order valence-electron chi connectivity index (χ2n) is 5.15. The average Bonchev–Trinajstić information content (AvgIpc) is 2.26. The average molecular weight is 258 g/mol. The van der Waals surface area contributed by atoms with E-state index in [2.05, 4.69) is 5.32 Å². The summed E-state index contributed by atoms with van der Waals surface area (Å²) in [6.07, 6.45) is 2.49. The highest BCUT2D eigenvalue weighted by Crippen LogP contribution is 2.20. The molecule has 104 valence electrons. The van der Waals surface area contributed by atoms with Gasteiger partial charge < -0.3 is 20.4 Å². The Labute approximate surface area is 107 Å². The van der Waals surface area contributed by atoms with Crippen molar-refractivity contribution in [3.63, 3.8) is 0 Å². The highest BCUT2D eigenvalue weighted by Gasteiger charge is 2.32. The fourth-order valence-electron chi connectivity index (χ4n) is 2.18. The first-order valence-electron chi connectivity index (χ1n) is 6.36. The Morgan fingerprint density at radius 2 is 2.17 bits per heavy atom. The van der Waals surface area contributed by atoms with Crippen LogP contribution in [0, 0.1) is 0 Å². The van der Waals surface area contributed by atoms with Crippen molar-refractivity contribution in [3.8, 4) is 0 Å². The molecule has 0 aromatic carbocycles. The van der Waals surface area contributed by atoms with Crippen LogP contribution in [0.25, 0.3) is 0 Å². The van der Waals surface area contributed by atoms with Gasteiger partial charge in [-0.2, -0.15) is 0 Å². The smallest absolute Gasteiger partial charge is 0.326 e. The van der Waals surface area contributed by atoms with Crippen molar-refractivity contribution in [2.75, 3.05) is 13.1 Å². The predicted molar refractivity (Wildman–Crippen MR) is 66.3 cm³/mol. The summed E-state index contributed by atoms with van der Waals surface area (Å²) in [4.78, 5) is 24.3. The van der Waals surface area contributed by atoms with Gasteiger partial charge in [-0.3, -0.25) is 0 Å². The molecule has 6 nitrogen and oxygen atoms in total. The first kappa shape index (κ1) is 14.8. The number of aliphatic hydroxyl groups is 1. The maximum atomic E-state index is 11.9. The second-order valence-corrected chi connectivity index (χ2v) is 5.15. The molecule has 0 saturated carbocycles. The van der Waals surface area contributed by atoms with Crippen LogP contribution in [0.1, 0.15) is 39.5 Å². The summed E-state index contributed by atoms with van der Waals surface area (Å²) in [7, 11) is 0. The van der Waals surface area contributed by atoms with Gasteiger partial charge in [-0.15, -0.1) is 0 Å². The molecule has 1 heterocycles. The molecule has 0 aliphatic carbocycles. The van der Waals surface area contributed by atoms with Crippen LogP contribution in [-0.2, 0) is 4.79 Å². The number of piperidine rings is 1. The van der Waals surface area contributed by atoms with Crippen LogP contribution in [0.4, 0.5) is 4.79 Å². The first-order chi connectivity index (χ1) is 8.35. The van der Waals surface area contributed by atoms with Crippen LogP contribution in [0.3, 0.4) is 0 Å². The van der Waals surface area contributed by atoms with Gasteiger partial charge in [0, 0.05) is 6.54 Å². The third-order valence-corrected chi connectivity index (χ3v) is 3.14. The van der Waals surface area contributed by atoms with Gasteiger partial charge in [-0.05, 0) is 26.2 Å². The van der Waals surface area contributed by atoms with Crippen LogP contribution in [0.5, 0.6) is 0 Å². The number of carbonyl (C=O) groups is 2. The molecule has 18 heavy (non-hydrogen) atoms. The number of β-amino-alcohol motifs (C(OH)–C–C–N with tert-alkyl or cyclic N) is 1. The number of rotatable bonds is 4. The molecule has 2 amide bonds. The van der Waals surface area contributed by atoms with Crippen LogP contribution >= 0.6 is 0 Å². The number of carboxylic acid groups (broad SMARTS) is 1. The minimum Gasteiger partial charge on any atom is -0.480 e. The van der Waals surface area contributed by atoms with E-state index in [-0.39, 0.29) is 6.54 Å². The van der Waals surface area contributed by atoms with E-state index in [1.807, 2.05) is 6.92 Å².